The standard InChI is InChI=1S/C12H8N4/c1-2-4-10(12-15-7-8-16-12)9(3-1)11-13-5-6-14-11/h1-8H. The summed E-state index contributed by atoms with van der Waals surface area (Å²) in [4.78, 5) is 16.8. The number of aliphatic imine (C=N–C) groups is 4. The average molecular weight is 208 g/mol. The van der Waals surface area contributed by atoms with Gasteiger partial charge in [0.05, 0.1) is 0 Å². The van der Waals surface area contributed by atoms with Crippen LogP contribution in [-0.2, 0) is 0 Å². The molecular formula is C12H8N4. The molecule has 76 valence electrons. The van der Waals surface area contributed by atoms with Crippen LogP contribution in [0.15, 0.2) is 44.2 Å². The molecule has 0 fully saturated rings. The Hall–Kier alpha value is -2.36. The van der Waals surface area contributed by atoms with Crippen molar-refractivity contribution in [2.75, 3.05) is 0 Å². The maximum absolute atomic E-state index is 4.19. The Bertz CT molecular complexity index is 576. The van der Waals surface area contributed by atoms with E-state index in [0.717, 1.165) is 10.4 Å². The van der Waals surface area contributed by atoms with Gasteiger partial charge >= 0.3 is 0 Å². The van der Waals surface area contributed by atoms with Crippen LogP contribution in [0, 0.1) is 0 Å². The monoisotopic (exact) mass is 208 g/mol. The van der Waals surface area contributed by atoms with Crippen LogP contribution in [0.1, 0.15) is 0 Å². The van der Waals surface area contributed by atoms with Crippen LogP contribution in [0.2, 0.25) is 0 Å². The summed E-state index contributed by atoms with van der Waals surface area (Å²) in [7, 11) is 0. The molecule has 0 aliphatic carbocycles. The second-order valence-electron chi connectivity index (χ2n) is 3.31. The highest BCUT2D eigenvalue weighted by Gasteiger charge is 2.02. The molecular weight excluding hydrogens is 200 g/mol. The van der Waals surface area contributed by atoms with E-state index in [1.807, 2.05) is 24.3 Å². The molecule has 4 heteroatoms. The zero-order valence-corrected chi connectivity index (χ0v) is 8.41. The summed E-state index contributed by atoms with van der Waals surface area (Å²) in [6.07, 6.45) is 6.71. The normalized spacial score (nSPS) is 16.8. The van der Waals surface area contributed by atoms with Crippen molar-refractivity contribution >= 4 is 36.5 Å². The van der Waals surface area contributed by atoms with Gasteiger partial charge in [-0.1, -0.05) is 24.3 Å². The maximum atomic E-state index is 4.19. The van der Waals surface area contributed by atoms with Gasteiger partial charge in [-0.15, -0.1) is 0 Å². The van der Waals surface area contributed by atoms with E-state index in [4.69, 9.17) is 0 Å². The third-order valence-electron chi connectivity index (χ3n) is 2.33. The zero-order chi connectivity index (χ0) is 10.8. The summed E-state index contributed by atoms with van der Waals surface area (Å²) < 4.78 is 0. The lowest BCUT2D eigenvalue weighted by Gasteiger charge is -1.94. The van der Waals surface area contributed by atoms with Crippen molar-refractivity contribution in [3.8, 4) is 0 Å². The van der Waals surface area contributed by atoms with Crippen molar-refractivity contribution in [3.63, 3.8) is 0 Å². The molecule has 16 heavy (non-hydrogen) atoms. The molecule has 1 aromatic rings. The van der Waals surface area contributed by atoms with Crippen LogP contribution in [0.25, 0.3) is 11.6 Å². The molecule has 0 radical (unpaired) electrons. The third kappa shape index (κ3) is 1.40. The molecule has 4 nitrogen and oxygen atoms in total. The topological polar surface area (TPSA) is 49.4 Å². The van der Waals surface area contributed by atoms with Crippen LogP contribution in [0.3, 0.4) is 0 Å². The minimum Gasteiger partial charge on any atom is -0.235 e. The summed E-state index contributed by atoms with van der Waals surface area (Å²) in [5.74, 6) is 1.42. The molecule has 0 amide bonds. The Morgan fingerprint density at radius 2 is 0.938 bits per heavy atom. The minimum atomic E-state index is 0.709. The second-order valence-corrected chi connectivity index (χ2v) is 3.31. The lowest BCUT2D eigenvalue weighted by Crippen LogP contribution is -2.27. The molecule has 0 saturated heterocycles. The van der Waals surface area contributed by atoms with Crippen molar-refractivity contribution in [3.05, 3.63) is 34.7 Å². The smallest absolute Gasteiger partial charge is 0.159 e. The van der Waals surface area contributed by atoms with Crippen molar-refractivity contribution in [2.45, 2.75) is 0 Å². The van der Waals surface area contributed by atoms with E-state index in [0.29, 0.717) is 11.6 Å². The van der Waals surface area contributed by atoms with Gasteiger partial charge in [0.15, 0.2) is 11.6 Å². The predicted octanol–water partition coefficient (Wildman–Crippen LogP) is 0.128. The molecule has 2 aliphatic rings. The molecule has 0 unspecified atom stereocenters. The first-order chi connectivity index (χ1) is 7.95. The molecule has 0 bridgehead atoms. The van der Waals surface area contributed by atoms with E-state index in [-0.39, 0.29) is 0 Å². The van der Waals surface area contributed by atoms with E-state index in [1.54, 1.807) is 24.9 Å². The van der Waals surface area contributed by atoms with Gasteiger partial charge in [0.2, 0.25) is 0 Å². The summed E-state index contributed by atoms with van der Waals surface area (Å²) in [5, 5.41) is 1.91. The highest BCUT2D eigenvalue weighted by molar-refractivity contribution is 6.21. The molecule has 0 saturated carbocycles. The molecule has 0 spiro atoms. The number of hydrogen-bond donors (Lipinski definition) is 0. The Balaban J connectivity index is 2.45. The first kappa shape index (κ1) is 8.91. The molecule has 0 atom stereocenters. The van der Waals surface area contributed by atoms with Crippen LogP contribution >= 0.6 is 0 Å². The van der Waals surface area contributed by atoms with Crippen molar-refractivity contribution in [1.29, 1.82) is 0 Å². The van der Waals surface area contributed by atoms with E-state index in [2.05, 4.69) is 20.0 Å². The average Bonchev–Trinajstić information content (AvgIpc) is 3.03. The summed E-state index contributed by atoms with van der Waals surface area (Å²) in [6, 6.07) is 7.86. The number of rotatable bonds is 0. The fourth-order valence-electron chi connectivity index (χ4n) is 1.63. The summed E-state index contributed by atoms with van der Waals surface area (Å²) in [6.45, 7) is 0. The van der Waals surface area contributed by atoms with Gasteiger partial charge in [-0.3, -0.25) is 0 Å². The predicted molar refractivity (Wildman–Crippen MR) is 66.5 cm³/mol. The van der Waals surface area contributed by atoms with Gasteiger partial charge in [-0.25, -0.2) is 20.0 Å². The quantitative estimate of drug-likeness (QED) is 0.582. The maximum Gasteiger partial charge on any atom is 0.159 e. The van der Waals surface area contributed by atoms with Gasteiger partial charge in [0.1, 0.15) is 0 Å². The molecule has 1 aromatic carbocycles. The Morgan fingerprint density at radius 3 is 1.31 bits per heavy atom. The summed E-state index contributed by atoms with van der Waals surface area (Å²) >= 11 is 0. The zero-order valence-electron chi connectivity index (χ0n) is 8.41. The highest BCUT2D eigenvalue weighted by atomic mass is 15.0. The van der Waals surface area contributed by atoms with E-state index in [9.17, 15) is 0 Å². The Labute approximate surface area is 91.8 Å². The number of nitrogens with zero attached hydrogens (tertiary/aromatic N) is 4. The second kappa shape index (κ2) is 3.66. The number of hydrogen-bond acceptors (Lipinski definition) is 4. The lowest BCUT2D eigenvalue weighted by atomic mass is 10.2. The number of benzene rings is 1. The van der Waals surface area contributed by atoms with Crippen LogP contribution < -0.4 is 10.4 Å². The molecule has 0 aromatic heterocycles. The molecule has 2 heterocycles. The fourth-order valence-corrected chi connectivity index (χ4v) is 1.63. The van der Waals surface area contributed by atoms with E-state index < -0.39 is 0 Å². The SMILES string of the molecule is C1=NC(=c2ccccc2=C2N=CC=N2)N=C1. The Kier molecular flexibility index (Phi) is 2.04. The van der Waals surface area contributed by atoms with Gasteiger partial charge in [-0.05, 0) is 0 Å². The van der Waals surface area contributed by atoms with E-state index >= 15 is 0 Å². The third-order valence-corrected chi connectivity index (χ3v) is 2.33. The molecule has 0 N–H and O–H groups in total. The van der Waals surface area contributed by atoms with Crippen molar-refractivity contribution in [1.82, 2.24) is 0 Å². The first-order valence-electron chi connectivity index (χ1n) is 4.92. The minimum absolute atomic E-state index is 0.709. The molecule has 3 rings (SSSR count). The van der Waals surface area contributed by atoms with Gasteiger partial charge in [0, 0.05) is 35.3 Å². The lowest BCUT2D eigenvalue weighted by molar-refractivity contribution is 1.33. The van der Waals surface area contributed by atoms with Crippen LogP contribution in [0.4, 0.5) is 0 Å². The van der Waals surface area contributed by atoms with Gasteiger partial charge in [-0.2, -0.15) is 0 Å². The fraction of sp³-hybridized carbons (Fsp3) is 0. The van der Waals surface area contributed by atoms with Crippen LogP contribution in [0.5, 0.6) is 0 Å². The summed E-state index contributed by atoms with van der Waals surface area (Å²) in [5.41, 5.74) is 0. The van der Waals surface area contributed by atoms with Crippen LogP contribution in [-0.4, -0.2) is 24.9 Å². The van der Waals surface area contributed by atoms with E-state index in [1.165, 1.54) is 0 Å². The van der Waals surface area contributed by atoms with Gasteiger partial charge in [0.25, 0.3) is 0 Å². The van der Waals surface area contributed by atoms with Crippen molar-refractivity contribution in [2.24, 2.45) is 20.0 Å². The largest absolute Gasteiger partial charge is 0.235 e. The van der Waals surface area contributed by atoms with Gasteiger partial charge < -0.3 is 0 Å². The molecule has 2 aliphatic heterocycles. The highest BCUT2D eigenvalue weighted by Crippen LogP contribution is 2.02. The first-order valence-corrected chi connectivity index (χ1v) is 4.92. The van der Waals surface area contributed by atoms with Crippen molar-refractivity contribution < 1.29 is 0 Å². The Morgan fingerprint density at radius 1 is 0.562 bits per heavy atom.